The third kappa shape index (κ3) is 3.71. The van der Waals surface area contributed by atoms with Gasteiger partial charge in [-0.1, -0.05) is 11.8 Å². The smallest absolute Gasteiger partial charge is 0.228 e. The van der Waals surface area contributed by atoms with Crippen molar-refractivity contribution in [2.45, 2.75) is 18.0 Å². The van der Waals surface area contributed by atoms with Crippen molar-refractivity contribution >= 4 is 23.7 Å². The second-order valence-corrected chi connectivity index (χ2v) is 4.97. The molecule has 1 aliphatic rings. The molecule has 18 heavy (non-hydrogen) atoms. The fourth-order valence-electron chi connectivity index (χ4n) is 1.97. The summed E-state index contributed by atoms with van der Waals surface area (Å²) in [6, 6.07) is 0. The van der Waals surface area contributed by atoms with Gasteiger partial charge in [0.25, 0.3) is 0 Å². The average Bonchev–Trinajstić information content (AvgIpc) is 2.91. The molecule has 1 aliphatic heterocycles. The summed E-state index contributed by atoms with van der Waals surface area (Å²) < 4.78 is 0. The zero-order valence-corrected chi connectivity index (χ0v) is 11.8. The van der Waals surface area contributed by atoms with Gasteiger partial charge < -0.3 is 15.5 Å². The Bertz CT molecular complexity index is 358. The van der Waals surface area contributed by atoms with E-state index in [2.05, 4.69) is 30.5 Å². The number of hydrogen-bond donors (Lipinski definition) is 2. The zero-order valence-electron chi connectivity index (χ0n) is 10.9. The van der Waals surface area contributed by atoms with Crippen molar-refractivity contribution in [3.05, 3.63) is 0 Å². The monoisotopic (exact) mass is 268 g/mol. The number of rotatable bonds is 6. The van der Waals surface area contributed by atoms with E-state index in [1.54, 1.807) is 0 Å². The highest BCUT2D eigenvalue weighted by Gasteiger charge is 2.11. The van der Waals surface area contributed by atoms with Crippen LogP contribution in [-0.2, 0) is 0 Å². The van der Waals surface area contributed by atoms with Gasteiger partial charge in [0.05, 0.1) is 0 Å². The molecule has 0 aromatic carbocycles. The molecule has 2 rings (SSSR count). The summed E-state index contributed by atoms with van der Waals surface area (Å²) in [4.78, 5) is 15.3. The van der Waals surface area contributed by atoms with E-state index in [9.17, 15) is 0 Å². The summed E-state index contributed by atoms with van der Waals surface area (Å²) >= 11 is 1.52. The molecule has 0 bridgehead atoms. The highest BCUT2D eigenvalue weighted by Crippen LogP contribution is 2.13. The van der Waals surface area contributed by atoms with Crippen LogP contribution in [-0.4, -0.2) is 59.3 Å². The van der Waals surface area contributed by atoms with E-state index in [0.29, 0.717) is 11.9 Å². The minimum atomic E-state index is 0.609. The molecule has 0 aliphatic carbocycles. The van der Waals surface area contributed by atoms with Gasteiger partial charge in [0.15, 0.2) is 5.16 Å². The lowest BCUT2D eigenvalue weighted by Crippen LogP contribution is -2.26. The first-order valence-electron chi connectivity index (χ1n) is 6.26. The fraction of sp³-hybridized carbons (Fsp3) is 0.727. The molecule has 0 unspecified atom stereocenters. The number of hydrogen-bond acceptors (Lipinski definition) is 7. The van der Waals surface area contributed by atoms with Gasteiger partial charge in [-0.25, -0.2) is 0 Å². The molecular formula is C11H20N6S. The van der Waals surface area contributed by atoms with Gasteiger partial charge in [-0.15, -0.1) is 0 Å². The number of likely N-dealkylation sites (tertiary alicyclic amines) is 1. The van der Waals surface area contributed by atoms with Gasteiger partial charge in [0.1, 0.15) is 0 Å². The summed E-state index contributed by atoms with van der Waals surface area (Å²) in [6.45, 7) is 4.36. The summed E-state index contributed by atoms with van der Waals surface area (Å²) in [5.74, 6) is 1.26. The predicted octanol–water partition coefficient (Wildman–Crippen LogP) is 1.14. The Kier molecular flexibility index (Phi) is 5.00. The third-order valence-corrected chi connectivity index (χ3v) is 3.48. The van der Waals surface area contributed by atoms with Crippen LogP contribution in [0.1, 0.15) is 12.8 Å². The lowest BCUT2D eigenvalue weighted by molar-refractivity contribution is 0.352. The summed E-state index contributed by atoms with van der Waals surface area (Å²) in [7, 11) is 1.81. The lowest BCUT2D eigenvalue weighted by atomic mass is 10.4. The molecule has 7 heteroatoms. The van der Waals surface area contributed by atoms with Crippen LogP contribution in [0.2, 0.25) is 0 Å². The lowest BCUT2D eigenvalue weighted by Gasteiger charge is -2.14. The van der Waals surface area contributed by atoms with E-state index in [-0.39, 0.29) is 0 Å². The maximum atomic E-state index is 4.34. The van der Waals surface area contributed by atoms with Crippen LogP contribution in [0.25, 0.3) is 0 Å². The number of anilines is 2. The van der Waals surface area contributed by atoms with Crippen molar-refractivity contribution < 1.29 is 0 Å². The Balaban J connectivity index is 1.87. The number of thioether (sulfide) groups is 1. The molecular weight excluding hydrogens is 248 g/mol. The minimum absolute atomic E-state index is 0.609. The van der Waals surface area contributed by atoms with Crippen molar-refractivity contribution in [1.29, 1.82) is 0 Å². The SMILES string of the molecule is CNc1nc(NCCN2CCCC2)nc(SC)n1. The van der Waals surface area contributed by atoms with Crippen LogP contribution >= 0.6 is 11.8 Å². The van der Waals surface area contributed by atoms with Gasteiger partial charge in [-0.2, -0.15) is 15.0 Å². The first-order valence-corrected chi connectivity index (χ1v) is 7.48. The summed E-state index contributed by atoms with van der Waals surface area (Å²) in [6.07, 6.45) is 4.61. The van der Waals surface area contributed by atoms with Gasteiger partial charge in [0, 0.05) is 20.1 Å². The molecule has 0 amide bonds. The van der Waals surface area contributed by atoms with Gasteiger partial charge >= 0.3 is 0 Å². The minimum Gasteiger partial charge on any atom is -0.357 e. The van der Waals surface area contributed by atoms with Crippen LogP contribution in [0.4, 0.5) is 11.9 Å². The number of nitrogens with zero attached hydrogens (tertiary/aromatic N) is 4. The number of nitrogens with one attached hydrogen (secondary N) is 2. The van der Waals surface area contributed by atoms with Crippen molar-refractivity contribution in [1.82, 2.24) is 19.9 Å². The summed E-state index contributed by atoms with van der Waals surface area (Å²) in [5, 5.41) is 6.95. The first-order chi connectivity index (χ1) is 8.81. The fourth-order valence-corrected chi connectivity index (χ4v) is 2.33. The Hall–Kier alpha value is -1.08. The van der Waals surface area contributed by atoms with E-state index in [0.717, 1.165) is 18.2 Å². The Morgan fingerprint density at radius 1 is 1.17 bits per heavy atom. The van der Waals surface area contributed by atoms with E-state index in [1.165, 1.54) is 37.7 Å². The molecule has 6 nitrogen and oxygen atoms in total. The number of aromatic nitrogens is 3. The Morgan fingerprint density at radius 2 is 1.89 bits per heavy atom. The molecule has 0 atom stereocenters. The van der Waals surface area contributed by atoms with Crippen molar-refractivity contribution in [2.24, 2.45) is 0 Å². The highest BCUT2D eigenvalue weighted by molar-refractivity contribution is 7.98. The summed E-state index contributed by atoms with van der Waals surface area (Å²) in [5.41, 5.74) is 0. The molecule has 1 saturated heterocycles. The second kappa shape index (κ2) is 6.75. The Labute approximate surface area is 112 Å². The largest absolute Gasteiger partial charge is 0.357 e. The van der Waals surface area contributed by atoms with Gasteiger partial charge in [0.2, 0.25) is 11.9 Å². The predicted molar refractivity (Wildman–Crippen MR) is 75.3 cm³/mol. The molecule has 0 saturated carbocycles. The maximum absolute atomic E-state index is 4.34. The third-order valence-electron chi connectivity index (χ3n) is 2.93. The van der Waals surface area contributed by atoms with E-state index in [4.69, 9.17) is 0 Å². The van der Waals surface area contributed by atoms with Crippen LogP contribution in [0.15, 0.2) is 5.16 Å². The van der Waals surface area contributed by atoms with Crippen molar-refractivity contribution in [2.75, 3.05) is 50.1 Å². The van der Waals surface area contributed by atoms with Crippen molar-refractivity contribution in [3.8, 4) is 0 Å². The average molecular weight is 268 g/mol. The molecule has 1 aromatic rings. The highest BCUT2D eigenvalue weighted by atomic mass is 32.2. The second-order valence-electron chi connectivity index (χ2n) is 4.19. The molecule has 2 N–H and O–H groups in total. The zero-order chi connectivity index (χ0) is 12.8. The quantitative estimate of drug-likeness (QED) is 0.750. The molecule has 1 aromatic heterocycles. The van der Waals surface area contributed by atoms with E-state index in [1.807, 2.05) is 13.3 Å². The molecule has 0 radical (unpaired) electrons. The normalized spacial score (nSPS) is 15.9. The van der Waals surface area contributed by atoms with Crippen molar-refractivity contribution in [3.63, 3.8) is 0 Å². The molecule has 1 fully saturated rings. The topological polar surface area (TPSA) is 66.0 Å². The van der Waals surface area contributed by atoms with Crippen LogP contribution in [0.3, 0.4) is 0 Å². The first kappa shape index (κ1) is 13.4. The van der Waals surface area contributed by atoms with E-state index >= 15 is 0 Å². The van der Waals surface area contributed by atoms with E-state index < -0.39 is 0 Å². The van der Waals surface area contributed by atoms with Gasteiger partial charge in [-0.05, 0) is 32.2 Å². The standard InChI is InChI=1S/C11H20N6S/c1-12-9-14-10(16-11(15-9)18-2)13-5-8-17-6-3-4-7-17/h3-8H2,1-2H3,(H2,12,13,14,15,16). The van der Waals surface area contributed by atoms with Crippen LogP contribution in [0, 0.1) is 0 Å². The molecule has 0 spiro atoms. The molecule has 100 valence electrons. The van der Waals surface area contributed by atoms with Gasteiger partial charge in [-0.3, -0.25) is 0 Å². The van der Waals surface area contributed by atoms with Crippen LogP contribution < -0.4 is 10.6 Å². The Morgan fingerprint density at radius 3 is 2.56 bits per heavy atom. The van der Waals surface area contributed by atoms with Crippen LogP contribution in [0.5, 0.6) is 0 Å². The maximum Gasteiger partial charge on any atom is 0.228 e. The molecule has 2 heterocycles.